The molecule has 3 aromatic rings. The maximum Gasteiger partial charge on any atom is 0.284 e. The van der Waals surface area contributed by atoms with Crippen LogP contribution in [0.25, 0.3) is 0 Å². The number of hydrazone groups is 1. The predicted octanol–water partition coefficient (Wildman–Crippen LogP) is 3.18. The largest absolute Gasteiger partial charge is 0.485 e. The number of aromatic nitrogens is 2. The quantitative estimate of drug-likeness (QED) is 0.517. The number of aryl methyl sites for hydroxylation is 1. The summed E-state index contributed by atoms with van der Waals surface area (Å²) in [6.07, 6.45) is 0.709. The Balaban J connectivity index is 1.40. The minimum Gasteiger partial charge on any atom is -0.485 e. The molecule has 0 aliphatic carbocycles. The van der Waals surface area contributed by atoms with E-state index in [2.05, 4.69) is 15.6 Å². The van der Waals surface area contributed by atoms with Crippen molar-refractivity contribution in [1.29, 1.82) is 0 Å². The van der Waals surface area contributed by atoms with Crippen molar-refractivity contribution in [2.24, 2.45) is 5.10 Å². The number of halogens is 1. The summed E-state index contributed by atoms with van der Waals surface area (Å²) in [5.41, 5.74) is 4.93. The van der Waals surface area contributed by atoms with E-state index in [0.717, 1.165) is 11.3 Å². The average Bonchev–Trinajstić information content (AvgIpc) is 3.01. The maximum atomic E-state index is 12.3. The Bertz CT molecular complexity index is 1050. The molecule has 2 aromatic carbocycles. The second-order valence-corrected chi connectivity index (χ2v) is 6.89. The third kappa shape index (κ3) is 4.25. The zero-order valence-electron chi connectivity index (χ0n) is 15.7. The summed E-state index contributed by atoms with van der Waals surface area (Å²) in [4.78, 5) is 12.3. The van der Waals surface area contributed by atoms with Gasteiger partial charge in [0.25, 0.3) is 5.91 Å². The van der Waals surface area contributed by atoms with Crippen molar-refractivity contribution < 1.29 is 14.3 Å². The first-order valence-corrected chi connectivity index (χ1v) is 9.48. The molecule has 1 aromatic heterocycles. The van der Waals surface area contributed by atoms with Gasteiger partial charge in [-0.1, -0.05) is 54.1 Å². The van der Waals surface area contributed by atoms with E-state index in [9.17, 15) is 4.79 Å². The van der Waals surface area contributed by atoms with E-state index < -0.39 is 12.0 Å². The SMILES string of the molecule is Cc1nn(Cc2ccccc2)c(Cl)c1/C=N\NC(=O)[C@H]1COc2ccccc2O1. The van der Waals surface area contributed by atoms with E-state index in [4.69, 9.17) is 21.1 Å². The molecule has 0 radical (unpaired) electrons. The lowest BCUT2D eigenvalue weighted by Gasteiger charge is -2.24. The topological polar surface area (TPSA) is 77.7 Å². The third-order valence-corrected chi connectivity index (χ3v) is 4.85. The molecule has 1 aliphatic rings. The van der Waals surface area contributed by atoms with Crippen LogP contribution in [0.2, 0.25) is 5.15 Å². The van der Waals surface area contributed by atoms with Gasteiger partial charge in [0.2, 0.25) is 6.10 Å². The summed E-state index contributed by atoms with van der Waals surface area (Å²) in [6.45, 7) is 2.51. The number of hydrogen-bond donors (Lipinski definition) is 1. The van der Waals surface area contributed by atoms with Gasteiger partial charge < -0.3 is 9.47 Å². The number of benzene rings is 2. The number of fused-ring (bicyclic) bond motifs is 1. The van der Waals surface area contributed by atoms with Crippen LogP contribution in [0.1, 0.15) is 16.8 Å². The molecule has 0 fully saturated rings. The summed E-state index contributed by atoms with van der Waals surface area (Å²) in [6, 6.07) is 17.1. The molecule has 7 nitrogen and oxygen atoms in total. The number of ether oxygens (including phenoxy) is 2. The van der Waals surface area contributed by atoms with Gasteiger partial charge in [-0.15, -0.1) is 0 Å². The molecule has 148 valence electrons. The van der Waals surface area contributed by atoms with Crippen molar-refractivity contribution in [3.05, 3.63) is 76.6 Å². The summed E-state index contributed by atoms with van der Waals surface area (Å²) in [5, 5.41) is 8.93. The predicted molar refractivity (Wildman–Crippen MR) is 110 cm³/mol. The number of carbonyl (C=O) groups excluding carboxylic acids is 1. The van der Waals surface area contributed by atoms with Crippen LogP contribution in [0.15, 0.2) is 59.7 Å². The fourth-order valence-electron chi connectivity index (χ4n) is 2.96. The Labute approximate surface area is 172 Å². The first-order valence-electron chi connectivity index (χ1n) is 9.10. The highest BCUT2D eigenvalue weighted by atomic mass is 35.5. The molecule has 0 saturated heterocycles. The smallest absolute Gasteiger partial charge is 0.284 e. The van der Waals surface area contributed by atoms with Gasteiger partial charge in [-0.2, -0.15) is 10.2 Å². The highest BCUT2D eigenvalue weighted by molar-refractivity contribution is 6.32. The lowest BCUT2D eigenvalue weighted by molar-refractivity contribution is -0.130. The van der Waals surface area contributed by atoms with Crippen LogP contribution in [0.5, 0.6) is 11.5 Å². The van der Waals surface area contributed by atoms with Gasteiger partial charge in [0.15, 0.2) is 11.5 Å². The Hall–Kier alpha value is -3.32. The fourth-order valence-corrected chi connectivity index (χ4v) is 3.24. The summed E-state index contributed by atoms with van der Waals surface area (Å²) in [5.74, 6) is 0.749. The number of hydrogen-bond acceptors (Lipinski definition) is 5. The van der Waals surface area contributed by atoms with Gasteiger partial charge >= 0.3 is 0 Å². The first kappa shape index (κ1) is 19.0. The van der Waals surface area contributed by atoms with Crippen LogP contribution in [-0.4, -0.2) is 34.6 Å². The first-order chi connectivity index (χ1) is 14.1. The van der Waals surface area contributed by atoms with Crippen molar-refractivity contribution in [2.45, 2.75) is 19.6 Å². The molecule has 0 spiro atoms. The van der Waals surface area contributed by atoms with Crippen LogP contribution in [-0.2, 0) is 11.3 Å². The number of rotatable bonds is 5. The van der Waals surface area contributed by atoms with Crippen LogP contribution in [0, 0.1) is 6.92 Å². The average molecular weight is 411 g/mol. The van der Waals surface area contributed by atoms with E-state index in [-0.39, 0.29) is 6.61 Å². The third-order valence-electron chi connectivity index (χ3n) is 4.45. The molecular weight excluding hydrogens is 392 g/mol. The van der Waals surface area contributed by atoms with E-state index >= 15 is 0 Å². The molecule has 0 bridgehead atoms. The molecule has 1 amide bonds. The zero-order valence-corrected chi connectivity index (χ0v) is 16.5. The van der Waals surface area contributed by atoms with Crippen LogP contribution in [0.4, 0.5) is 0 Å². The lowest BCUT2D eigenvalue weighted by atomic mass is 10.2. The van der Waals surface area contributed by atoms with E-state index in [1.54, 1.807) is 16.8 Å². The number of carbonyl (C=O) groups is 1. The van der Waals surface area contributed by atoms with Crippen LogP contribution < -0.4 is 14.9 Å². The normalized spacial score (nSPS) is 15.4. The van der Waals surface area contributed by atoms with Gasteiger partial charge in [-0.05, 0) is 24.6 Å². The molecule has 1 atom stereocenters. The molecular formula is C21H19ClN4O3. The Morgan fingerprint density at radius 2 is 1.97 bits per heavy atom. The highest BCUT2D eigenvalue weighted by Crippen LogP contribution is 2.30. The number of nitrogens with one attached hydrogen (secondary N) is 1. The van der Waals surface area contributed by atoms with E-state index in [1.165, 1.54) is 6.21 Å². The minimum atomic E-state index is -0.778. The number of para-hydroxylation sites is 2. The Kier molecular flexibility index (Phi) is 5.48. The van der Waals surface area contributed by atoms with Crippen LogP contribution >= 0.6 is 11.6 Å². The van der Waals surface area contributed by atoms with Gasteiger partial charge in [0.05, 0.1) is 24.0 Å². The summed E-state index contributed by atoms with van der Waals surface area (Å²) < 4.78 is 12.9. The summed E-state index contributed by atoms with van der Waals surface area (Å²) in [7, 11) is 0. The second kappa shape index (κ2) is 8.36. The van der Waals surface area contributed by atoms with Crippen molar-refractivity contribution in [3.63, 3.8) is 0 Å². The van der Waals surface area contributed by atoms with E-state index in [1.807, 2.05) is 49.4 Å². The monoisotopic (exact) mass is 410 g/mol. The maximum absolute atomic E-state index is 12.3. The molecule has 8 heteroatoms. The molecule has 0 unspecified atom stereocenters. The van der Waals surface area contributed by atoms with Crippen molar-refractivity contribution >= 4 is 23.7 Å². The molecule has 2 heterocycles. The van der Waals surface area contributed by atoms with E-state index in [0.29, 0.717) is 28.8 Å². The van der Waals surface area contributed by atoms with Gasteiger partial charge in [0, 0.05) is 0 Å². The van der Waals surface area contributed by atoms with Gasteiger partial charge in [-0.25, -0.2) is 10.1 Å². The second-order valence-electron chi connectivity index (χ2n) is 6.53. The summed E-state index contributed by atoms with van der Waals surface area (Å²) >= 11 is 6.45. The Morgan fingerprint density at radius 3 is 2.76 bits per heavy atom. The van der Waals surface area contributed by atoms with Crippen molar-refractivity contribution in [2.75, 3.05) is 6.61 Å². The van der Waals surface area contributed by atoms with Gasteiger partial charge in [0.1, 0.15) is 11.8 Å². The standard InChI is InChI=1S/C21H19ClN4O3/c1-14-16(20(22)26(25-14)12-15-7-3-2-4-8-15)11-23-24-21(27)19-13-28-17-9-5-6-10-18(17)29-19/h2-11,19H,12-13H2,1H3,(H,24,27)/b23-11-/t19-/m1/s1. The number of amides is 1. The van der Waals surface area contributed by atoms with Crippen molar-refractivity contribution in [3.8, 4) is 11.5 Å². The molecule has 4 rings (SSSR count). The van der Waals surface area contributed by atoms with Gasteiger partial charge in [-0.3, -0.25) is 4.79 Å². The molecule has 1 aliphatic heterocycles. The Morgan fingerprint density at radius 1 is 1.24 bits per heavy atom. The fraction of sp³-hybridized carbons (Fsp3) is 0.190. The van der Waals surface area contributed by atoms with Crippen LogP contribution in [0.3, 0.4) is 0 Å². The lowest BCUT2D eigenvalue weighted by Crippen LogP contribution is -2.42. The van der Waals surface area contributed by atoms with Crippen molar-refractivity contribution in [1.82, 2.24) is 15.2 Å². The molecule has 0 saturated carbocycles. The highest BCUT2D eigenvalue weighted by Gasteiger charge is 2.27. The number of nitrogens with zero attached hydrogens (tertiary/aromatic N) is 3. The molecule has 29 heavy (non-hydrogen) atoms. The zero-order chi connectivity index (χ0) is 20.2. The minimum absolute atomic E-state index is 0.118. The molecule has 1 N–H and O–H groups in total.